The molecular weight excluding hydrogens is 440 g/mol. The van der Waals surface area contributed by atoms with Gasteiger partial charge in [-0.2, -0.15) is 5.26 Å². The third-order valence-corrected chi connectivity index (χ3v) is 5.11. The molecule has 0 saturated carbocycles. The Balaban J connectivity index is 2.31. The van der Waals surface area contributed by atoms with Crippen LogP contribution >= 0.6 is 31.9 Å². The number of rotatable bonds is 1. The lowest BCUT2D eigenvalue weighted by Gasteiger charge is -2.42. The van der Waals surface area contributed by atoms with Crippen LogP contribution in [-0.4, -0.2) is 21.4 Å². The van der Waals surface area contributed by atoms with Crippen molar-refractivity contribution in [2.45, 2.75) is 31.6 Å². The molecule has 1 N–H and O–H groups in total. The van der Waals surface area contributed by atoms with E-state index in [1.54, 1.807) is 44.3 Å². The van der Waals surface area contributed by atoms with Crippen LogP contribution in [0.1, 0.15) is 31.0 Å². The number of hydrogen-bond donors (Lipinski definition) is 1. The number of aliphatic hydroxyl groups is 1. The van der Waals surface area contributed by atoms with Crippen molar-refractivity contribution in [3.63, 3.8) is 0 Å². The number of nitriles is 1. The van der Waals surface area contributed by atoms with Gasteiger partial charge >= 0.3 is 0 Å². The molecule has 124 valence electrons. The van der Waals surface area contributed by atoms with Gasteiger partial charge < -0.3 is 14.4 Å². The van der Waals surface area contributed by atoms with E-state index in [4.69, 9.17) is 4.74 Å². The summed E-state index contributed by atoms with van der Waals surface area (Å²) < 4.78 is 8.42. The first kappa shape index (κ1) is 17.2. The maximum Gasteiger partial charge on any atom is 0.265 e. The first-order valence-corrected chi connectivity index (χ1v) is 8.81. The van der Waals surface area contributed by atoms with Crippen molar-refractivity contribution in [3.05, 3.63) is 60.9 Å². The molecule has 0 spiro atoms. The summed E-state index contributed by atoms with van der Waals surface area (Å²) in [5, 5.41) is 20.0. The molecule has 0 bridgehead atoms. The molecule has 0 amide bonds. The van der Waals surface area contributed by atoms with Gasteiger partial charge in [0.25, 0.3) is 5.56 Å². The number of hydrogen-bond acceptors (Lipinski definition) is 4. The summed E-state index contributed by atoms with van der Waals surface area (Å²) in [6, 6.07) is 8.08. The number of aromatic nitrogens is 1. The van der Waals surface area contributed by atoms with E-state index in [0.29, 0.717) is 25.8 Å². The summed E-state index contributed by atoms with van der Waals surface area (Å²) in [6.07, 6.45) is 0.656. The van der Waals surface area contributed by atoms with Crippen molar-refractivity contribution in [3.8, 4) is 11.8 Å². The van der Waals surface area contributed by atoms with Crippen molar-refractivity contribution in [2.24, 2.45) is 0 Å². The Bertz CT molecular complexity index is 915. The van der Waals surface area contributed by atoms with Crippen LogP contribution in [0.2, 0.25) is 0 Å². The van der Waals surface area contributed by atoms with Crippen LogP contribution < -0.4 is 10.3 Å². The van der Waals surface area contributed by atoms with E-state index in [9.17, 15) is 15.2 Å². The zero-order chi connectivity index (χ0) is 17.6. The van der Waals surface area contributed by atoms with Crippen LogP contribution in [0.3, 0.4) is 0 Å². The van der Waals surface area contributed by atoms with Gasteiger partial charge in [0.1, 0.15) is 17.5 Å². The first-order valence-electron chi connectivity index (χ1n) is 7.23. The van der Waals surface area contributed by atoms with E-state index in [-0.39, 0.29) is 5.56 Å². The topological polar surface area (TPSA) is 75.2 Å². The predicted octanol–water partition coefficient (Wildman–Crippen LogP) is 3.37. The predicted molar refractivity (Wildman–Crippen MR) is 96.1 cm³/mol. The number of aliphatic hydroxyl groups excluding tert-OH is 1. The molecule has 0 saturated heterocycles. The Kier molecular flexibility index (Phi) is 4.32. The maximum atomic E-state index is 12.6. The quantitative estimate of drug-likeness (QED) is 0.718. The van der Waals surface area contributed by atoms with Gasteiger partial charge in [-0.15, -0.1) is 0 Å². The maximum absolute atomic E-state index is 12.6. The first-order chi connectivity index (χ1) is 11.2. The van der Waals surface area contributed by atoms with Crippen molar-refractivity contribution >= 4 is 31.9 Å². The van der Waals surface area contributed by atoms with Gasteiger partial charge in [-0.05, 0) is 70.0 Å². The third-order valence-electron chi connectivity index (χ3n) is 4.11. The van der Waals surface area contributed by atoms with Crippen LogP contribution in [0, 0.1) is 11.3 Å². The van der Waals surface area contributed by atoms with Gasteiger partial charge in [-0.25, -0.2) is 0 Å². The number of ether oxygens (including phenoxy) is 1. The van der Waals surface area contributed by atoms with Gasteiger partial charge in [0.2, 0.25) is 0 Å². The number of benzene rings is 1. The van der Waals surface area contributed by atoms with Gasteiger partial charge in [-0.1, -0.05) is 0 Å². The number of pyridine rings is 1. The lowest BCUT2D eigenvalue weighted by Crippen LogP contribution is -2.52. The lowest BCUT2D eigenvalue weighted by molar-refractivity contribution is -0.0643. The van der Waals surface area contributed by atoms with Gasteiger partial charge in [-0.3, -0.25) is 4.79 Å². The van der Waals surface area contributed by atoms with E-state index >= 15 is 0 Å². The van der Waals surface area contributed by atoms with Crippen LogP contribution in [0.5, 0.6) is 5.75 Å². The van der Waals surface area contributed by atoms with E-state index in [2.05, 4.69) is 37.9 Å². The summed E-state index contributed by atoms with van der Waals surface area (Å²) in [4.78, 5) is 12.6. The molecule has 0 aliphatic carbocycles. The summed E-state index contributed by atoms with van der Waals surface area (Å²) >= 11 is 6.63. The summed E-state index contributed by atoms with van der Waals surface area (Å²) in [6.45, 7) is 3.54. The molecule has 1 aliphatic heterocycles. The van der Waals surface area contributed by atoms with Gasteiger partial charge in [0, 0.05) is 16.2 Å². The molecule has 0 fully saturated rings. The minimum absolute atomic E-state index is 0.270. The standard InChI is InChI=1S/C17H14Br2N2O3/c1-17(2)15(22)14(21-8-10(18)6-12(19)16(21)23)11-5-9(7-20)3-4-13(11)24-17/h3-6,8,14-15,22H,1-2H3. The highest BCUT2D eigenvalue weighted by Gasteiger charge is 2.44. The molecule has 0 radical (unpaired) electrons. The molecule has 5 nitrogen and oxygen atoms in total. The second kappa shape index (κ2) is 6.03. The zero-order valence-electron chi connectivity index (χ0n) is 13.0. The molecule has 2 aromatic rings. The minimum atomic E-state index is -0.974. The van der Waals surface area contributed by atoms with Crippen molar-refractivity contribution in [2.75, 3.05) is 0 Å². The Labute approximate surface area is 155 Å². The van der Waals surface area contributed by atoms with Gasteiger partial charge in [0.15, 0.2) is 0 Å². The monoisotopic (exact) mass is 452 g/mol. The molecule has 1 aliphatic rings. The molecule has 3 rings (SSSR count). The SMILES string of the molecule is CC1(C)Oc2ccc(C#N)cc2C(n2cc(Br)cc(Br)c2=O)C1O. The van der Waals surface area contributed by atoms with Gasteiger partial charge in [0.05, 0.1) is 22.1 Å². The molecule has 1 aromatic heterocycles. The Hall–Kier alpha value is -1.62. The molecule has 7 heteroatoms. The number of fused-ring (bicyclic) bond motifs is 1. The smallest absolute Gasteiger partial charge is 0.265 e. The van der Waals surface area contributed by atoms with Crippen LogP contribution in [0.4, 0.5) is 0 Å². The normalized spacial score (nSPS) is 21.5. The van der Waals surface area contributed by atoms with Crippen LogP contribution in [0.15, 0.2) is 44.2 Å². The highest BCUT2D eigenvalue weighted by Crippen LogP contribution is 2.42. The fourth-order valence-electron chi connectivity index (χ4n) is 2.88. The highest BCUT2D eigenvalue weighted by atomic mass is 79.9. The number of halogens is 2. The zero-order valence-corrected chi connectivity index (χ0v) is 16.1. The van der Waals surface area contributed by atoms with Crippen molar-refractivity contribution in [1.82, 2.24) is 4.57 Å². The van der Waals surface area contributed by atoms with Crippen LogP contribution in [-0.2, 0) is 0 Å². The lowest BCUT2D eigenvalue weighted by atomic mass is 9.85. The Morgan fingerprint density at radius 3 is 2.71 bits per heavy atom. The van der Waals surface area contributed by atoms with E-state index < -0.39 is 17.7 Å². The largest absolute Gasteiger partial charge is 0.485 e. The van der Waals surface area contributed by atoms with Crippen LogP contribution in [0.25, 0.3) is 0 Å². The molecule has 2 heterocycles. The average molecular weight is 454 g/mol. The summed E-state index contributed by atoms with van der Waals surface area (Å²) in [7, 11) is 0. The Morgan fingerprint density at radius 2 is 2.04 bits per heavy atom. The second-order valence-electron chi connectivity index (χ2n) is 6.18. The highest BCUT2D eigenvalue weighted by molar-refractivity contribution is 9.11. The Morgan fingerprint density at radius 1 is 1.33 bits per heavy atom. The summed E-state index contributed by atoms with van der Waals surface area (Å²) in [5.41, 5.74) is -0.113. The minimum Gasteiger partial charge on any atom is -0.485 e. The van der Waals surface area contributed by atoms with E-state index in [1.165, 1.54) is 4.57 Å². The summed E-state index contributed by atoms with van der Waals surface area (Å²) in [5.74, 6) is 0.553. The molecule has 2 unspecified atom stereocenters. The molecule has 2 atom stereocenters. The van der Waals surface area contributed by atoms with Crippen molar-refractivity contribution < 1.29 is 9.84 Å². The fraction of sp³-hybridized carbons (Fsp3) is 0.294. The molecule has 24 heavy (non-hydrogen) atoms. The third kappa shape index (κ3) is 2.79. The molecular formula is C17H14Br2N2O3. The fourth-order valence-corrected chi connectivity index (χ4v) is 4.09. The second-order valence-corrected chi connectivity index (χ2v) is 7.95. The van der Waals surface area contributed by atoms with Crippen molar-refractivity contribution in [1.29, 1.82) is 5.26 Å². The number of nitrogens with zero attached hydrogens (tertiary/aromatic N) is 2. The molecule has 1 aromatic carbocycles. The average Bonchev–Trinajstić information content (AvgIpc) is 2.52. The van der Waals surface area contributed by atoms with E-state index in [0.717, 1.165) is 0 Å². The van der Waals surface area contributed by atoms with E-state index in [1.807, 2.05) is 0 Å².